The average molecular weight is 232 g/mol. The molecule has 1 aliphatic rings. The molecule has 3 heteroatoms. The van der Waals surface area contributed by atoms with Crippen LogP contribution in [-0.4, -0.2) is 30.9 Å². The highest BCUT2D eigenvalue weighted by molar-refractivity contribution is 5.99. The molecule has 0 aromatic heterocycles. The molecule has 2 rings (SSSR count). The summed E-state index contributed by atoms with van der Waals surface area (Å²) < 4.78 is 0. The molecule has 1 saturated carbocycles. The minimum absolute atomic E-state index is 0.119. The summed E-state index contributed by atoms with van der Waals surface area (Å²) in [5.41, 5.74) is 1.71. The summed E-state index contributed by atoms with van der Waals surface area (Å²) in [6.45, 7) is 3.76. The van der Waals surface area contributed by atoms with Crippen molar-refractivity contribution < 1.29 is 4.79 Å². The van der Waals surface area contributed by atoms with Gasteiger partial charge in [0.15, 0.2) is 0 Å². The van der Waals surface area contributed by atoms with E-state index in [2.05, 4.69) is 5.32 Å². The van der Waals surface area contributed by atoms with Crippen molar-refractivity contribution in [2.75, 3.05) is 25.5 Å². The van der Waals surface area contributed by atoms with Gasteiger partial charge in [-0.25, -0.2) is 0 Å². The third-order valence-electron chi connectivity index (χ3n) is 3.10. The van der Waals surface area contributed by atoms with E-state index in [9.17, 15) is 4.79 Å². The number of hydrogen-bond donors (Lipinski definition) is 1. The predicted octanol–water partition coefficient (Wildman–Crippen LogP) is 2.60. The van der Waals surface area contributed by atoms with Crippen LogP contribution in [0.1, 0.15) is 30.1 Å². The van der Waals surface area contributed by atoms with Gasteiger partial charge in [-0.3, -0.25) is 4.79 Å². The van der Waals surface area contributed by atoms with Crippen LogP contribution in [0.5, 0.6) is 0 Å². The zero-order valence-electron chi connectivity index (χ0n) is 10.6. The molecule has 1 amide bonds. The summed E-state index contributed by atoms with van der Waals surface area (Å²) in [6, 6.07) is 7.72. The van der Waals surface area contributed by atoms with E-state index in [0.717, 1.165) is 30.3 Å². The molecule has 0 aliphatic heterocycles. The zero-order valence-corrected chi connectivity index (χ0v) is 10.6. The lowest BCUT2D eigenvalue weighted by atomic mass is 10.1. The lowest BCUT2D eigenvalue weighted by Crippen LogP contribution is -2.29. The summed E-state index contributed by atoms with van der Waals surface area (Å²) in [4.78, 5) is 14.1. The number of anilines is 1. The number of carbonyl (C=O) groups excluding carboxylic acids is 1. The van der Waals surface area contributed by atoms with Crippen LogP contribution in [-0.2, 0) is 0 Å². The molecular formula is C14H20N2O. The van der Waals surface area contributed by atoms with Crippen LogP contribution in [0.15, 0.2) is 24.3 Å². The summed E-state index contributed by atoms with van der Waals surface area (Å²) in [6.07, 6.45) is 2.54. The topological polar surface area (TPSA) is 32.3 Å². The van der Waals surface area contributed by atoms with Crippen molar-refractivity contribution in [3.8, 4) is 0 Å². The first kappa shape index (κ1) is 12.0. The minimum atomic E-state index is 0.119. The van der Waals surface area contributed by atoms with E-state index in [1.807, 2.05) is 43.1 Å². The van der Waals surface area contributed by atoms with Crippen LogP contribution in [0.25, 0.3) is 0 Å². The van der Waals surface area contributed by atoms with Gasteiger partial charge >= 0.3 is 0 Å². The molecule has 0 bridgehead atoms. The van der Waals surface area contributed by atoms with Crippen LogP contribution in [0.3, 0.4) is 0 Å². The summed E-state index contributed by atoms with van der Waals surface area (Å²) in [5.74, 6) is 0.851. The van der Waals surface area contributed by atoms with Crippen LogP contribution < -0.4 is 5.32 Å². The van der Waals surface area contributed by atoms with Gasteiger partial charge in [0.05, 0.1) is 5.56 Å². The third kappa shape index (κ3) is 2.99. The minimum Gasteiger partial charge on any atom is -0.385 e. The predicted molar refractivity (Wildman–Crippen MR) is 70.3 cm³/mol. The smallest absolute Gasteiger partial charge is 0.255 e. The molecule has 17 heavy (non-hydrogen) atoms. The molecule has 0 unspecified atom stereocenters. The second-order valence-corrected chi connectivity index (χ2v) is 4.70. The van der Waals surface area contributed by atoms with E-state index < -0.39 is 0 Å². The number of hydrogen-bond acceptors (Lipinski definition) is 2. The van der Waals surface area contributed by atoms with E-state index in [1.54, 1.807) is 0 Å². The highest BCUT2D eigenvalue weighted by Gasteiger charge is 2.25. The van der Waals surface area contributed by atoms with Crippen molar-refractivity contribution in [1.29, 1.82) is 0 Å². The van der Waals surface area contributed by atoms with Crippen LogP contribution in [0, 0.1) is 5.92 Å². The monoisotopic (exact) mass is 232 g/mol. The molecule has 1 aliphatic carbocycles. The molecular weight excluding hydrogens is 212 g/mol. The van der Waals surface area contributed by atoms with Gasteiger partial charge in [-0.05, 0) is 37.8 Å². The van der Waals surface area contributed by atoms with Gasteiger partial charge in [0.1, 0.15) is 0 Å². The van der Waals surface area contributed by atoms with Crippen LogP contribution >= 0.6 is 0 Å². The summed E-state index contributed by atoms with van der Waals surface area (Å²) in [7, 11) is 1.89. The molecule has 1 N–H and O–H groups in total. The van der Waals surface area contributed by atoms with Gasteiger partial charge in [-0.1, -0.05) is 12.1 Å². The Morgan fingerprint density at radius 3 is 2.76 bits per heavy atom. The van der Waals surface area contributed by atoms with Crippen LogP contribution in [0.4, 0.5) is 5.69 Å². The average Bonchev–Trinajstić information content (AvgIpc) is 3.13. The largest absolute Gasteiger partial charge is 0.385 e. The van der Waals surface area contributed by atoms with Gasteiger partial charge in [0.2, 0.25) is 0 Å². The number of carbonyl (C=O) groups is 1. The highest BCUT2D eigenvalue weighted by Crippen LogP contribution is 2.30. The molecule has 0 heterocycles. The van der Waals surface area contributed by atoms with E-state index in [0.29, 0.717) is 0 Å². The lowest BCUT2D eigenvalue weighted by molar-refractivity contribution is 0.0789. The summed E-state index contributed by atoms with van der Waals surface area (Å²) >= 11 is 0. The molecule has 0 radical (unpaired) electrons. The fourth-order valence-corrected chi connectivity index (χ4v) is 1.99. The second kappa shape index (κ2) is 5.21. The first-order valence-corrected chi connectivity index (χ1v) is 6.30. The lowest BCUT2D eigenvalue weighted by Gasteiger charge is -2.19. The maximum Gasteiger partial charge on any atom is 0.255 e. The van der Waals surface area contributed by atoms with Gasteiger partial charge in [0.25, 0.3) is 5.91 Å². The normalized spacial score (nSPS) is 14.5. The Labute approximate surface area is 103 Å². The zero-order chi connectivity index (χ0) is 12.3. The Kier molecular flexibility index (Phi) is 3.67. The molecule has 0 atom stereocenters. The third-order valence-corrected chi connectivity index (χ3v) is 3.10. The Morgan fingerprint density at radius 2 is 2.12 bits per heavy atom. The van der Waals surface area contributed by atoms with Gasteiger partial charge < -0.3 is 10.2 Å². The molecule has 1 aromatic rings. The number of benzene rings is 1. The maximum absolute atomic E-state index is 12.3. The number of nitrogens with one attached hydrogen (secondary N) is 1. The Hall–Kier alpha value is -1.51. The van der Waals surface area contributed by atoms with E-state index >= 15 is 0 Å². The second-order valence-electron chi connectivity index (χ2n) is 4.70. The fraction of sp³-hybridized carbons (Fsp3) is 0.500. The quantitative estimate of drug-likeness (QED) is 0.846. The maximum atomic E-state index is 12.3. The van der Waals surface area contributed by atoms with Gasteiger partial charge in [-0.2, -0.15) is 0 Å². The van der Waals surface area contributed by atoms with E-state index in [1.165, 1.54) is 12.8 Å². The van der Waals surface area contributed by atoms with Gasteiger partial charge in [0, 0.05) is 25.8 Å². The number of nitrogens with zero attached hydrogens (tertiary/aromatic N) is 1. The molecule has 1 fully saturated rings. The van der Waals surface area contributed by atoms with E-state index in [4.69, 9.17) is 0 Å². The number of rotatable bonds is 5. The Bertz CT molecular complexity index is 399. The molecule has 1 aromatic carbocycles. The Balaban J connectivity index is 2.10. The van der Waals surface area contributed by atoms with Crippen molar-refractivity contribution in [2.45, 2.75) is 19.8 Å². The molecule has 0 saturated heterocycles. The first-order valence-electron chi connectivity index (χ1n) is 6.30. The first-order chi connectivity index (χ1) is 8.22. The Morgan fingerprint density at radius 1 is 1.41 bits per heavy atom. The van der Waals surface area contributed by atoms with Gasteiger partial charge in [-0.15, -0.1) is 0 Å². The molecule has 92 valence electrons. The molecule has 3 nitrogen and oxygen atoms in total. The van der Waals surface area contributed by atoms with Crippen molar-refractivity contribution in [3.05, 3.63) is 29.8 Å². The van der Waals surface area contributed by atoms with Crippen molar-refractivity contribution in [2.24, 2.45) is 5.92 Å². The standard InChI is InChI=1S/C14H20N2O/c1-3-15-13-7-5-4-6-12(13)14(17)16(2)10-11-8-9-11/h4-7,11,15H,3,8-10H2,1-2H3. The van der Waals surface area contributed by atoms with Crippen LogP contribution in [0.2, 0.25) is 0 Å². The number of amides is 1. The van der Waals surface area contributed by atoms with E-state index in [-0.39, 0.29) is 5.91 Å². The highest BCUT2D eigenvalue weighted by atomic mass is 16.2. The van der Waals surface area contributed by atoms with Crippen molar-refractivity contribution in [1.82, 2.24) is 4.90 Å². The SMILES string of the molecule is CCNc1ccccc1C(=O)N(C)CC1CC1. The fourth-order valence-electron chi connectivity index (χ4n) is 1.99. The summed E-state index contributed by atoms with van der Waals surface area (Å²) in [5, 5.41) is 3.23. The van der Waals surface area contributed by atoms with Crippen molar-refractivity contribution >= 4 is 11.6 Å². The molecule has 0 spiro atoms. The van der Waals surface area contributed by atoms with Crippen molar-refractivity contribution in [3.63, 3.8) is 0 Å². The number of para-hydroxylation sites is 1.